The fraction of sp³-hybridized carbons (Fsp3) is 0.375. The summed E-state index contributed by atoms with van der Waals surface area (Å²) in [4.78, 5) is 35.2. The lowest BCUT2D eigenvalue weighted by Gasteiger charge is -2.22. The number of carboxylic acids is 1. The van der Waals surface area contributed by atoms with E-state index in [9.17, 15) is 27.6 Å². The Kier molecular flexibility index (Phi) is 8.34. The molecular weight excluding hydrogens is 469 g/mol. The number of amides is 2. The molecule has 4 N–H and O–H groups in total. The van der Waals surface area contributed by atoms with Gasteiger partial charge in [-0.1, -0.05) is 48.5 Å². The standard InChI is InChI=1S/C24H25F3N2O6/c25-24(26,27)20(9-10-21(31)28-19(11-12-30)22(32)33)29-23(34)35-13-18-16-7-3-1-5-14(16)15-6-2-4-8-17(15)18/h1-8,18-20,30H,9-13H2,(H,28,31)(H,29,34)(H,32,33)/t19?,20-/m0/s1. The number of fused-ring (bicyclic) bond motifs is 3. The van der Waals surface area contributed by atoms with Crippen molar-refractivity contribution in [3.8, 4) is 11.1 Å². The van der Waals surface area contributed by atoms with Crippen LogP contribution in [0.2, 0.25) is 0 Å². The molecule has 11 heteroatoms. The van der Waals surface area contributed by atoms with Crippen molar-refractivity contribution >= 4 is 18.0 Å². The number of carbonyl (C=O) groups is 3. The average Bonchev–Trinajstić information content (AvgIpc) is 3.13. The van der Waals surface area contributed by atoms with Gasteiger partial charge in [0, 0.05) is 25.4 Å². The monoisotopic (exact) mass is 494 g/mol. The van der Waals surface area contributed by atoms with Crippen molar-refractivity contribution < 1.29 is 42.5 Å². The summed E-state index contributed by atoms with van der Waals surface area (Å²) in [5.74, 6) is -2.70. The van der Waals surface area contributed by atoms with Crippen LogP contribution in [0.5, 0.6) is 0 Å². The van der Waals surface area contributed by atoms with Crippen molar-refractivity contribution in [2.24, 2.45) is 0 Å². The summed E-state index contributed by atoms with van der Waals surface area (Å²) in [5, 5.41) is 21.6. The van der Waals surface area contributed by atoms with Gasteiger partial charge in [-0.05, 0) is 28.7 Å². The van der Waals surface area contributed by atoms with Gasteiger partial charge in [-0.3, -0.25) is 4.79 Å². The number of carboxylic acid groups (broad SMARTS) is 1. The Balaban J connectivity index is 1.59. The Morgan fingerprint density at radius 1 is 0.943 bits per heavy atom. The number of alkyl carbamates (subject to hydrolysis) is 1. The molecule has 3 rings (SSSR count). The molecular formula is C24H25F3N2O6. The minimum atomic E-state index is -4.86. The fourth-order valence-corrected chi connectivity index (χ4v) is 4.03. The third kappa shape index (κ3) is 6.50. The highest BCUT2D eigenvalue weighted by atomic mass is 19.4. The summed E-state index contributed by atoms with van der Waals surface area (Å²) in [7, 11) is 0. The SMILES string of the molecule is O=C(CC[C@H](NC(=O)OCC1c2ccccc2-c2ccccc21)C(F)(F)F)NC(CCO)C(=O)O. The zero-order chi connectivity index (χ0) is 25.6. The number of ether oxygens (including phenoxy) is 1. The van der Waals surface area contributed by atoms with E-state index in [2.05, 4.69) is 0 Å². The van der Waals surface area contributed by atoms with Gasteiger partial charge in [-0.15, -0.1) is 0 Å². The summed E-state index contributed by atoms with van der Waals surface area (Å²) in [6, 6.07) is 11.2. The molecule has 0 bridgehead atoms. The van der Waals surface area contributed by atoms with Gasteiger partial charge in [0.05, 0.1) is 0 Å². The second-order valence-electron chi connectivity index (χ2n) is 8.07. The van der Waals surface area contributed by atoms with Crippen LogP contribution in [0.3, 0.4) is 0 Å². The van der Waals surface area contributed by atoms with E-state index in [0.29, 0.717) is 0 Å². The van der Waals surface area contributed by atoms with Crippen LogP contribution in [0.1, 0.15) is 36.3 Å². The van der Waals surface area contributed by atoms with E-state index in [4.69, 9.17) is 14.9 Å². The second-order valence-corrected chi connectivity index (χ2v) is 8.07. The van der Waals surface area contributed by atoms with Gasteiger partial charge >= 0.3 is 18.2 Å². The summed E-state index contributed by atoms with van der Waals surface area (Å²) in [6.07, 6.45) is -7.93. The number of aliphatic hydroxyl groups is 1. The molecule has 8 nitrogen and oxygen atoms in total. The van der Waals surface area contributed by atoms with Crippen LogP contribution in [0.4, 0.5) is 18.0 Å². The van der Waals surface area contributed by atoms with Crippen molar-refractivity contribution in [2.45, 2.75) is 43.4 Å². The van der Waals surface area contributed by atoms with Gasteiger partial charge in [-0.2, -0.15) is 13.2 Å². The smallest absolute Gasteiger partial charge is 0.408 e. The van der Waals surface area contributed by atoms with E-state index in [0.717, 1.165) is 22.3 Å². The molecule has 1 aliphatic rings. The largest absolute Gasteiger partial charge is 0.480 e. The maximum atomic E-state index is 13.4. The number of benzene rings is 2. The first-order chi connectivity index (χ1) is 16.6. The molecule has 0 spiro atoms. The number of aliphatic hydroxyl groups excluding tert-OH is 1. The summed E-state index contributed by atoms with van der Waals surface area (Å²) in [6.45, 7) is -0.696. The Labute approximate surface area is 199 Å². The molecule has 2 amide bonds. The highest BCUT2D eigenvalue weighted by Crippen LogP contribution is 2.44. The fourth-order valence-electron chi connectivity index (χ4n) is 4.03. The molecule has 1 unspecified atom stereocenters. The minimum Gasteiger partial charge on any atom is -0.480 e. The van der Waals surface area contributed by atoms with Crippen LogP contribution in [0.15, 0.2) is 48.5 Å². The zero-order valence-corrected chi connectivity index (χ0v) is 18.5. The lowest BCUT2D eigenvalue weighted by atomic mass is 9.98. The van der Waals surface area contributed by atoms with Crippen molar-refractivity contribution in [2.75, 3.05) is 13.2 Å². The Hall–Kier alpha value is -3.60. The molecule has 2 aromatic rings. The number of halogens is 3. The average molecular weight is 494 g/mol. The number of nitrogens with one attached hydrogen (secondary N) is 2. The first kappa shape index (κ1) is 26.0. The highest BCUT2D eigenvalue weighted by Gasteiger charge is 2.41. The molecule has 0 saturated carbocycles. The molecule has 188 valence electrons. The molecule has 2 aromatic carbocycles. The van der Waals surface area contributed by atoms with E-state index in [1.807, 2.05) is 53.8 Å². The van der Waals surface area contributed by atoms with Gasteiger partial charge in [0.1, 0.15) is 18.7 Å². The number of rotatable bonds is 10. The second kappa shape index (κ2) is 11.2. The predicted octanol–water partition coefficient (Wildman–Crippen LogP) is 3.19. The van der Waals surface area contributed by atoms with Gasteiger partial charge < -0.3 is 25.6 Å². The summed E-state index contributed by atoms with van der Waals surface area (Å²) < 4.78 is 45.5. The summed E-state index contributed by atoms with van der Waals surface area (Å²) in [5.41, 5.74) is 3.75. The van der Waals surface area contributed by atoms with Crippen molar-refractivity contribution in [1.82, 2.24) is 10.6 Å². The maximum absolute atomic E-state index is 13.4. The van der Waals surface area contributed by atoms with Crippen molar-refractivity contribution in [3.05, 3.63) is 59.7 Å². The van der Waals surface area contributed by atoms with E-state index < -0.39 is 55.7 Å². The molecule has 0 fully saturated rings. The third-order valence-electron chi connectivity index (χ3n) is 5.74. The Bertz CT molecular complexity index is 1030. The van der Waals surface area contributed by atoms with Crippen LogP contribution >= 0.6 is 0 Å². The van der Waals surface area contributed by atoms with Crippen LogP contribution in [0, 0.1) is 0 Å². The normalized spacial score (nSPS) is 14.4. The molecule has 35 heavy (non-hydrogen) atoms. The molecule has 2 atom stereocenters. The number of alkyl halides is 3. The lowest BCUT2D eigenvalue weighted by Crippen LogP contribution is -2.47. The highest BCUT2D eigenvalue weighted by molar-refractivity contribution is 5.83. The van der Waals surface area contributed by atoms with Crippen molar-refractivity contribution in [1.29, 1.82) is 0 Å². The quantitative estimate of drug-likeness (QED) is 0.402. The molecule has 0 aliphatic heterocycles. The number of carbonyl (C=O) groups excluding carboxylic acids is 2. The maximum Gasteiger partial charge on any atom is 0.408 e. The summed E-state index contributed by atoms with van der Waals surface area (Å²) >= 11 is 0. The van der Waals surface area contributed by atoms with Crippen LogP contribution < -0.4 is 10.6 Å². The van der Waals surface area contributed by atoms with Gasteiger partial charge in [-0.25, -0.2) is 9.59 Å². The van der Waals surface area contributed by atoms with Gasteiger partial charge in [0.2, 0.25) is 5.91 Å². The van der Waals surface area contributed by atoms with Gasteiger partial charge in [0.25, 0.3) is 0 Å². The van der Waals surface area contributed by atoms with E-state index in [1.165, 1.54) is 0 Å². The third-order valence-corrected chi connectivity index (χ3v) is 5.74. The number of hydrogen-bond donors (Lipinski definition) is 4. The predicted molar refractivity (Wildman–Crippen MR) is 119 cm³/mol. The number of aliphatic carboxylic acids is 1. The Morgan fingerprint density at radius 2 is 1.51 bits per heavy atom. The van der Waals surface area contributed by atoms with E-state index in [-0.39, 0.29) is 18.9 Å². The van der Waals surface area contributed by atoms with E-state index in [1.54, 1.807) is 5.32 Å². The molecule has 0 saturated heterocycles. The Morgan fingerprint density at radius 3 is 2.03 bits per heavy atom. The van der Waals surface area contributed by atoms with Crippen LogP contribution in [0.25, 0.3) is 11.1 Å². The molecule has 1 aliphatic carbocycles. The molecule has 0 aromatic heterocycles. The molecule has 0 heterocycles. The van der Waals surface area contributed by atoms with Crippen LogP contribution in [-0.2, 0) is 14.3 Å². The number of hydrogen-bond acceptors (Lipinski definition) is 5. The van der Waals surface area contributed by atoms with E-state index >= 15 is 0 Å². The lowest BCUT2D eigenvalue weighted by molar-refractivity contribution is -0.157. The minimum absolute atomic E-state index is 0.174. The first-order valence-electron chi connectivity index (χ1n) is 10.9. The van der Waals surface area contributed by atoms with Gasteiger partial charge in [0.15, 0.2) is 0 Å². The topological polar surface area (TPSA) is 125 Å². The van der Waals surface area contributed by atoms with Crippen molar-refractivity contribution in [3.63, 3.8) is 0 Å². The van der Waals surface area contributed by atoms with Crippen LogP contribution in [-0.4, -0.2) is 59.7 Å². The zero-order valence-electron chi connectivity index (χ0n) is 18.5. The molecule has 0 radical (unpaired) electrons. The first-order valence-corrected chi connectivity index (χ1v) is 10.9.